The lowest BCUT2D eigenvalue weighted by molar-refractivity contribution is -0.109. The molecule has 3 nitrogen and oxygen atoms in total. The maximum absolute atomic E-state index is 10.5. The summed E-state index contributed by atoms with van der Waals surface area (Å²) in [5.41, 5.74) is 0. The van der Waals surface area contributed by atoms with Crippen molar-refractivity contribution < 1.29 is 9.90 Å². The number of hydrogen-bond acceptors (Lipinski definition) is 4. The summed E-state index contributed by atoms with van der Waals surface area (Å²) in [6.45, 7) is -0.158. The standard InChI is InChI=1S/C8H11NO2S/c10-5-7(9-6-11)4-8-2-1-3-12-8/h1-3,5,7,9,11H,4,6H2/t7-/m0/s1. The number of rotatable bonds is 5. The lowest BCUT2D eigenvalue weighted by atomic mass is 10.2. The summed E-state index contributed by atoms with van der Waals surface area (Å²) in [5, 5.41) is 13.2. The Kier molecular flexibility index (Phi) is 3.93. The molecular formula is C8H11NO2S. The van der Waals surface area contributed by atoms with Gasteiger partial charge in [0.2, 0.25) is 0 Å². The minimum atomic E-state index is -0.270. The zero-order chi connectivity index (χ0) is 8.81. The van der Waals surface area contributed by atoms with Gasteiger partial charge in [0.25, 0.3) is 0 Å². The van der Waals surface area contributed by atoms with Gasteiger partial charge in [-0.15, -0.1) is 11.3 Å². The maximum atomic E-state index is 10.5. The molecule has 1 aromatic rings. The van der Waals surface area contributed by atoms with E-state index in [1.165, 1.54) is 0 Å². The van der Waals surface area contributed by atoms with Crippen molar-refractivity contribution >= 4 is 17.6 Å². The van der Waals surface area contributed by atoms with E-state index in [0.717, 1.165) is 11.2 Å². The second-order valence-electron chi connectivity index (χ2n) is 2.39. The normalized spacial score (nSPS) is 12.8. The second kappa shape index (κ2) is 5.03. The highest BCUT2D eigenvalue weighted by Gasteiger charge is 2.06. The Morgan fingerprint density at radius 2 is 2.58 bits per heavy atom. The summed E-state index contributed by atoms with van der Waals surface area (Å²) < 4.78 is 0. The molecule has 0 saturated heterocycles. The van der Waals surface area contributed by atoms with Crippen LogP contribution in [0.5, 0.6) is 0 Å². The summed E-state index contributed by atoms with van der Waals surface area (Å²) in [5.74, 6) is 0. The Morgan fingerprint density at radius 3 is 3.08 bits per heavy atom. The van der Waals surface area contributed by atoms with Crippen molar-refractivity contribution in [2.45, 2.75) is 12.5 Å². The monoisotopic (exact) mass is 185 g/mol. The van der Waals surface area contributed by atoms with Crippen LogP contribution in [-0.2, 0) is 11.2 Å². The maximum Gasteiger partial charge on any atom is 0.137 e. The summed E-state index contributed by atoms with van der Waals surface area (Å²) in [6.07, 6.45) is 1.47. The molecule has 1 rings (SSSR count). The molecule has 12 heavy (non-hydrogen) atoms. The molecule has 0 aliphatic rings. The first-order valence-corrected chi connectivity index (χ1v) is 4.56. The van der Waals surface area contributed by atoms with Gasteiger partial charge in [-0.05, 0) is 11.4 Å². The Bertz CT molecular complexity index is 223. The molecule has 0 bridgehead atoms. The van der Waals surface area contributed by atoms with Crippen molar-refractivity contribution in [2.24, 2.45) is 0 Å². The van der Waals surface area contributed by atoms with Gasteiger partial charge in [-0.3, -0.25) is 5.32 Å². The summed E-state index contributed by atoms with van der Waals surface area (Å²) >= 11 is 1.61. The first-order chi connectivity index (χ1) is 5.86. The predicted molar refractivity (Wildman–Crippen MR) is 48.1 cm³/mol. The van der Waals surface area contributed by atoms with E-state index in [0.29, 0.717) is 6.42 Å². The average Bonchev–Trinajstić information content (AvgIpc) is 2.56. The number of carbonyl (C=O) groups excluding carboxylic acids is 1. The summed E-state index contributed by atoms with van der Waals surface area (Å²) in [4.78, 5) is 11.6. The van der Waals surface area contributed by atoms with Gasteiger partial charge in [-0.2, -0.15) is 0 Å². The molecule has 4 heteroatoms. The third-order valence-electron chi connectivity index (χ3n) is 1.52. The van der Waals surface area contributed by atoms with E-state index < -0.39 is 0 Å². The van der Waals surface area contributed by atoms with Crippen LogP contribution in [0.2, 0.25) is 0 Å². The van der Waals surface area contributed by atoms with E-state index in [-0.39, 0.29) is 12.8 Å². The van der Waals surface area contributed by atoms with Crippen molar-refractivity contribution in [3.8, 4) is 0 Å². The number of aldehydes is 1. The minimum absolute atomic E-state index is 0.158. The van der Waals surface area contributed by atoms with E-state index >= 15 is 0 Å². The third kappa shape index (κ3) is 2.73. The summed E-state index contributed by atoms with van der Waals surface area (Å²) in [7, 11) is 0. The molecule has 1 heterocycles. The van der Waals surface area contributed by atoms with Gasteiger partial charge in [0.15, 0.2) is 0 Å². The Labute approximate surface area is 75.0 Å². The van der Waals surface area contributed by atoms with E-state index in [4.69, 9.17) is 5.11 Å². The van der Waals surface area contributed by atoms with E-state index in [1.807, 2.05) is 17.5 Å². The second-order valence-corrected chi connectivity index (χ2v) is 3.42. The molecule has 1 aromatic heterocycles. The van der Waals surface area contributed by atoms with Crippen molar-refractivity contribution in [3.05, 3.63) is 22.4 Å². The lowest BCUT2D eigenvalue weighted by Gasteiger charge is -2.07. The van der Waals surface area contributed by atoms with Gasteiger partial charge in [0, 0.05) is 11.3 Å². The van der Waals surface area contributed by atoms with Crippen LogP contribution in [0.15, 0.2) is 17.5 Å². The van der Waals surface area contributed by atoms with E-state index in [9.17, 15) is 4.79 Å². The molecule has 0 aliphatic carbocycles. The quantitative estimate of drug-likeness (QED) is 0.515. The number of nitrogens with one attached hydrogen (secondary N) is 1. The molecular weight excluding hydrogens is 174 g/mol. The lowest BCUT2D eigenvalue weighted by Crippen LogP contribution is -2.32. The van der Waals surface area contributed by atoms with Gasteiger partial charge in [0.05, 0.1) is 12.8 Å². The largest absolute Gasteiger partial charge is 0.381 e. The fourth-order valence-electron chi connectivity index (χ4n) is 0.931. The molecule has 0 radical (unpaired) electrons. The molecule has 0 aromatic carbocycles. The van der Waals surface area contributed by atoms with Crippen molar-refractivity contribution in [3.63, 3.8) is 0 Å². The zero-order valence-corrected chi connectivity index (χ0v) is 7.38. The van der Waals surface area contributed by atoms with Crippen LogP contribution in [0.4, 0.5) is 0 Å². The molecule has 1 atom stereocenters. The number of aliphatic hydroxyl groups excluding tert-OH is 1. The van der Waals surface area contributed by atoms with Crippen LogP contribution in [0.3, 0.4) is 0 Å². The Morgan fingerprint density at radius 1 is 1.75 bits per heavy atom. The number of thiophene rings is 1. The highest BCUT2D eigenvalue weighted by Crippen LogP contribution is 2.10. The highest BCUT2D eigenvalue weighted by atomic mass is 32.1. The van der Waals surface area contributed by atoms with Crippen molar-refractivity contribution in [1.82, 2.24) is 5.32 Å². The number of carbonyl (C=O) groups is 1. The highest BCUT2D eigenvalue weighted by molar-refractivity contribution is 7.09. The van der Waals surface area contributed by atoms with E-state index in [2.05, 4.69) is 5.32 Å². The van der Waals surface area contributed by atoms with Gasteiger partial charge < -0.3 is 9.90 Å². The topological polar surface area (TPSA) is 49.3 Å². The van der Waals surface area contributed by atoms with Gasteiger partial charge in [-0.1, -0.05) is 6.07 Å². The van der Waals surface area contributed by atoms with Crippen LogP contribution in [0, 0.1) is 0 Å². The summed E-state index contributed by atoms with van der Waals surface area (Å²) in [6, 6.07) is 3.65. The minimum Gasteiger partial charge on any atom is -0.381 e. The Hall–Kier alpha value is -0.710. The molecule has 0 aliphatic heterocycles. The molecule has 0 unspecified atom stereocenters. The first kappa shape index (κ1) is 9.38. The van der Waals surface area contributed by atoms with Crippen LogP contribution < -0.4 is 5.32 Å². The van der Waals surface area contributed by atoms with Gasteiger partial charge >= 0.3 is 0 Å². The van der Waals surface area contributed by atoms with Crippen molar-refractivity contribution in [1.29, 1.82) is 0 Å². The SMILES string of the molecule is O=C[C@H](Cc1cccs1)NCO. The Balaban J connectivity index is 2.42. The molecule has 0 saturated carbocycles. The van der Waals surface area contributed by atoms with Crippen LogP contribution >= 0.6 is 11.3 Å². The number of hydrogen-bond donors (Lipinski definition) is 2. The molecule has 0 spiro atoms. The zero-order valence-electron chi connectivity index (χ0n) is 6.56. The molecule has 66 valence electrons. The van der Waals surface area contributed by atoms with E-state index in [1.54, 1.807) is 11.3 Å². The molecule has 0 fully saturated rings. The smallest absolute Gasteiger partial charge is 0.137 e. The molecule has 0 amide bonds. The van der Waals surface area contributed by atoms with Crippen LogP contribution in [-0.4, -0.2) is 24.2 Å². The fraction of sp³-hybridized carbons (Fsp3) is 0.375. The fourth-order valence-corrected chi connectivity index (χ4v) is 1.70. The average molecular weight is 185 g/mol. The predicted octanol–water partition coefficient (Wildman–Crippen LogP) is 0.398. The van der Waals surface area contributed by atoms with Gasteiger partial charge in [0.1, 0.15) is 6.29 Å². The third-order valence-corrected chi connectivity index (χ3v) is 2.42. The van der Waals surface area contributed by atoms with Crippen LogP contribution in [0.25, 0.3) is 0 Å². The van der Waals surface area contributed by atoms with Crippen LogP contribution in [0.1, 0.15) is 4.88 Å². The van der Waals surface area contributed by atoms with Gasteiger partial charge in [-0.25, -0.2) is 0 Å². The first-order valence-electron chi connectivity index (χ1n) is 3.68. The molecule has 2 N–H and O–H groups in total. The van der Waals surface area contributed by atoms with Crippen molar-refractivity contribution in [2.75, 3.05) is 6.73 Å². The number of aliphatic hydroxyl groups is 1.